The molecule has 2 atom stereocenters. The average molecular weight is 443 g/mol. The van der Waals surface area contributed by atoms with Gasteiger partial charge in [-0.2, -0.15) is 0 Å². The van der Waals surface area contributed by atoms with Crippen LogP contribution in [0.5, 0.6) is 0 Å². The Balaban J connectivity index is 0.000000193. The first-order valence-electron chi connectivity index (χ1n) is 12.9. The molecule has 1 aromatic carbocycles. The lowest BCUT2D eigenvalue weighted by Gasteiger charge is -2.30. The normalized spacial score (nSPS) is 25.2. The van der Waals surface area contributed by atoms with Crippen molar-refractivity contribution in [1.82, 2.24) is 10.2 Å². The summed E-state index contributed by atoms with van der Waals surface area (Å²) in [7, 11) is 0. The molecule has 2 aliphatic carbocycles. The highest BCUT2D eigenvalue weighted by atomic mass is 16.4. The molecule has 1 heterocycles. The average Bonchev–Trinajstić information content (AvgIpc) is 3.25. The lowest BCUT2D eigenvalue weighted by atomic mass is 9.91. The molecule has 0 amide bonds. The molecule has 0 aromatic heterocycles. The number of ketones is 1. The molecule has 2 N–H and O–H groups in total. The van der Waals surface area contributed by atoms with Crippen molar-refractivity contribution in [2.75, 3.05) is 19.6 Å². The number of Topliss-reactive ketones (excluding diaryl/α,β-unsaturated/α-hetero) is 1. The van der Waals surface area contributed by atoms with Crippen molar-refractivity contribution in [1.29, 1.82) is 0 Å². The van der Waals surface area contributed by atoms with Gasteiger partial charge in [-0.25, -0.2) is 0 Å². The fourth-order valence-corrected chi connectivity index (χ4v) is 5.57. The molecular weight excluding hydrogens is 400 g/mol. The van der Waals surface area contributed by atoms with Crippen LogP contribution in [0.2, 0.25) is 0 Å². The lowest BCUT2D eigenvalue weighted by Crippen LogP contribution is -2.40. The zero-order valence-corrected chi connectivity index (χ0v) is 19.8. The van der Waals surface area contributed by atoms with Gasteiger partial charge in [0.2, 0.25) is 0 Å². The second-order valence-corrected chi connectivity index (χ2v) is 9.93. The number of carboxylic acids is 1. The third kappa shape index (κ3) is 7.70. The Kier molecular flexibility index (Phi) is 10.2. The SMILES string of the molecule is C1CCC(NC2CCCCC2)CC1.CC[C@@H]1CN(CC(=O)c2ccccc2)C[C@@H]1C(=O)O. The maximum atomic E-state index is 12.1. The molecule has 178 valence electrons. The van der Waals surface area contributed by atoms with E-state index in [9.17, 15) is 14.7 Å². The number of likely N-dealkylation sites (tertiary alicyclic amines) is 1. The predicted octanol–water partition coefficient (Wildman–Crippen LogP) is 5.15. The van der Waals surface area contributed by atoms with Gasteiger partial charge in [-0.1, -0.05) is 82.2 Å². The van der Waals surface area contributed by atoms with E-state index in [1.54, 1.807) is 12.1 Å². The number of nitrogens with one attached hydrogen (secondary N) is 1. The summed E-state index contributed by atoms with van der Waals surface area (Å²) in [6, 6.07) is 10.9. The van der Waals surface area contributed by atoms with Gasteiger partial charge >= 0.3 is 5.97 Å². The summed E-state index contributed by atoms with van der Waals surface area (Å²) in [4.78, 5) is 25.2. The Labute approximate surface area is 194 Å². The number of hydrogen-bond acceptors (Lipinski definition) is 4. The Morgan fingerprint density at radius 1 is 0.906 bits per heavy atom. The fraction of sp³-hybridized carbons (Fsp3) is 0.704. The highest BCUT2D eigenvalue weighted by Crippen LogP contribution is 2.26. The largest absolute Gasteiger partial charge is 0.481 e. The molecule has 3 fully saturated rings. The van der Waals surface area contributed by atoms with E-state index in [-0.39, 0.29) is 17.6 Å². The van der Waals surface area contributed by atoms with Crippen molar-refractivity contribution in [3.05, 3.63) is 35.9 Å². The summed E-state index contributed by atoms with van der Waals surface area (Å²) < 4.78 is 0. The molecule has 32 heavy (non-hydrogen) atoms. The Hall–Kier alpha value is -1.72. The molecule has 1 aliphatic heterocycles. The molecule has 2 saturated carbocycles. The Morgan fingerprint density at radius 2 is 1.47 bits per heavy atom. The van der Waals surface area contributed by atoms with Gasteiger partial charge in [0.25, 0.3) is 0 Å². The second-order valence-electron chi connectivity index (χ2n) is 9.93. The van der Waals surface area contributed by atoms with E-state index in [1.165, 1.54) is 64.2 Å². The first kappa shape index (κ1) is 24.9. The minimum absolute atomic E-state index is 0.0569. The monoisotopic (exact) mass is 442 g/mol. The van der Waals surface area contributed by atoms with Crippen LogP contribution in [0.4, 0.5) is 0 Å². The van der Waals surface area contributed by atoms with Crippen LogP contribution in [0.25, 0.3) is 0 Å². The molecule has 0 spiro atoms. The summed E-state index contributed by atoms with van der Waals surface area (Å²) in [6.07, 6.45) is 15.4. The number of benzene rings is 1. The van der Waals surface area contributed by atoms with Crippen molar-refractivity contribution in [3.8, 4) is 0 Å². The number of carbonyl (C=O) groups is 2. The zero-order chi connectivity index (χ0) is 22.8. The number of nitrogens with zero attached hydrogens (tertiary/aromatic N) is 1. The number of rotatable bonds is 7. The van der Waals surface area contributed by atoms with Crippen LogP contribution in [0.15, 0.2) is 30.3 Å². The molecular formula is C27H42N2O3. The summed E-state index contributed by atoms with van der Waals surface area (Å²) in [5.41, 5.74) is 0.689. The van der Waals surface area contributed by atoms with Crippen LogP contribution in [0, 0.1) is 11.8 Å². The number of carbonyl (C=O) groups excluding carboxylic acids is 1. The second kappa shape index (κ2) is 13.1. The van der Waals surface area contributed by atoms with Gasteiger partial charge in [0, 0.05) is 30.7 Å². The molecule has 1 saturated heterocycles. The van der Waals surface area contributed by atoms with E-state index in [2.05, 4.69) is 5.32 Å². The van der Waals surface area contributed by atoms with E-state index in [0.717, 1.165) is 18.5 Å². The minimum Gasteiger partial charge on any atom is -0.481 e. The van der Waals surface area contributed by atoms with Crippen molar-refractivity contribution >= 4 is 11.8 Å². The third-order valence-electron chi connectivity index (χ3n) is 7.50. The maximum Gasteiger partial charge on any atom is 0.308 e. The smallest absolute Gasteiger partial charge is 0.308 e. The molecule has 0 radical (unpaired) electrons. The first-order valence-corrected chi connectivity index (χ1v) is 12.9. The van der Waals surface area contributed by atoms with Gasteiger partial charge < -0.3 is 10.4 Å². The van der Waals surface area contributed by atoms with Crippen molar-refractivity contribution in [3.63, 3.8) is 0 Å². The first-order chi connectivity index (χ1) is 15.6. The van der Waals surface area contributed by atoms with E-state index in [0.29, 0.717) is 25.2 Å². The summed E-state index contributed by atoms with van der Waals surface area (Å²) in [5, 5.41) is 13.0. The van der Waals surface area contributed by atoms with Crippen LogP contribution in [-0.2, 0) is 4.79 Å². The number of carboxylic acid groups (broad SMARTS) is 1. The molecule has 5 nitrogen and oxygen atoms in total. The third-order valence-corrected chi connectivity index (χ3v) is 7.50. The number of aliphatic carboxylic acids is 1. The maximum absolute atomic E-state index is 12.1. The van der Waals surface area contributed by atoms with Crippen LogP contribution in [0.1, 0.15) is 87.9 Å². The van der Waals surface area contributed by atoms with E-state index in [1.807, 2.05) is 30.0 Å². The molecule has 5 heteroatoms. The topological polar surface area (TPSA) is 69.6 Å². The van der Waals surface area contributed by atoms with Gasteiger partial charge in [0.1, 0.15) is 0 Å². The fourth-order valence-electron chi connectivity index (χ4n) is 5.57. The summed E-state index contributed by atoms with van der Waals surface area (Å²) in [5.74, 6) is -0.877. The highest BCUT2D eigenvalue weighted by molar-refractivity contribution is 5.97. The van der Waals surface area contributed by atoms with Crippen molar-refractivity contribution < 1.29 is 14.7 Å². The van der Waals surface area contributed by atoms with Gasteiger partial charge in [0.15, 0.2) is 5.78 Å². The van der Waals surface area contributed by atoms with Crippen molar-refractivity contribution in [2.24, 2.45) is 11.8 Å². The van der Waals surface area contributed by atoms with Gasteiger partial charge in [-0.05, 0) is 31.6 Å². The van der Waals surface area contributed by atoms with Crippen LogP contribution < -0.4 is 5.32 Å². The van der Waals surface area contributed by atoms with Crippen LogP contribution in [0.3, 0.4) is 0 Å². The molecule has 1 aromatic rings. The van der Waals surface area contributed by atoms with E-state index < -0.39 is 5.97 Å². The van der Waals surface area contributed by atoms with Gasteiger partial charge in [-0.15, -0.1) is 0 Å². The van der Waals surface area contributed by atoms with Gasteiger partial charge in [-0.3, -0.25) is 14.5 Å². The van der Waals surface area contributed by atoms with Crippen molar-refractivity contribution in [2.45, 2.75) is 89.6 Å². The quantitative estimate of drug-likeness (QED) is 0.571. The van der Waals surface area contributed by atoms with Gasteiger partial charge in [0.05, 0.1) is 12.5 Å². The van der Waals surface area contributed by atoms with E-state index >= 15 is 0 Å². The Bertz CT molecular complexity index is 680. The standard InChI is InChI=1S/C15H19NO3.C12H23N/c1-2-11-8-16(9-13(11)15(18)19)10-14(17)12-6-4-3-5-7-12;1-3-7-11(8-4-1)13-12-9-5-2-6-10-12/h3-7,11,13H,2,8-10H2,1H3,(H,18,19);11-13H,1-10H2/t11-,13+;/m1./s1. The van der Waals surface area contributed by atoms with Crippen LogP contribution in [-0.4, -0.2) is 53.5 Å². The van der Waals surface area contributed by atoms with Crippen LogP contribution >= 0.6 is 0 Å². The summed E-state index contributed by atoms with van der Waals surface area (Å²) in [6.45, 7) is 3.49. The summed E-state index contributed by atoms with van der Waals surface area (Å²) >= 11 is 0. The molecule has 0 unspecified atom stereocenters. The minimum atomic E-state index is -0.749. The molecule has 3 aliphatic rings. The van der Waals surface area contributed by atoms with E-state index in [4.69, 9.17) is 0 Å². The zero-order valence-electron chi connectivity index (χ0n) is 19.8. The molecule has 0 bridgehead atoms. The predicted molar refractivity (Wildman–Crippen MR) is 129 cm³/mol. The lowest BCUT2D eigenvalue weighted by molar-refractivity contribution is -0.142. The number of hydrogen-bond donors (Lipinski definition) is 2. The molecule has 4 rings (SSSR count). The highest BCUT2D eigenvalue weighted by Gasteiger charge is 2.36. The Morgan fingerprint density at radius 3 is 1.94 bits per heavy atom.